The molecule has 1 saturated carbocycles. The number of thioether (sulfide) groups is 1. The van der Waals surface area contributed by atoms with E-state index in [0.717, 1.165) is 28.7 Å². The Labute approximate surface area is 154 Å². The van der Waals surface area contributed by atoms with Crippen LogP contribution in [0, 0.1) is 0 Å². The number of amides is 3. The van der Waals surface area contributed by atoms with Crippen LogP contribution < -0.4 is 10.6 Å². The molecule has 3 amide bonds. The molecule has 2 heterocycles. The topological polar surface area (TPSA) is 88.9 Å². The Balaban J connectivity index is 1.70. The largest absolute Gasteiger partial charge is 0.336 e. The van der Waals surface area contributed by atoms with Gasteiger partial charge < -0.3 is 5.32 Å². The number of carbonyl (C=O) groups is 2. The molecule has 0 aliphatic heterocycles. The molecule has 134 valence electrons. The zero-order valence-corrected chi connectivity index (χ0v) is 16.0. The number of nitrogens with zero attached hydrogens (tertiary/aromatic N) is 3. The van der Waals surface area contributed by atoms with E-state index < -0.39 is 11.3 Å². The van der Waals surface area contributed by atoms with Gasteiger partial charge in [-0.15, -0.1) is 21.5 Å². The molecule has 0 spiro atoms. The van der Waals surface area contributed by atoms with Gasteiger partial charge in [0.15, 0.2) is 11.0 Å². The normalized spacial score (nSPS) is 15.2. The molecule has 0 aromatic carbocycles. The molecule has 1 aliphatic rings. The molecule has 7 nitrogen and oxygen atoms in total. The van der Waals surface area contributed by atoms with Crippen molar-refractivity contribution in [2.75, 3.05) is 0 Å². The number of nitrogens with one attached hydrogen (secondary N) is 2. The number of hydrogen-bond acceptors (Lipinski definition) is 6. The molecule has 3 rings (SSSR count). The number of carbonyl (C=O) groups excluding carboxylic acids is 2. The molecule has 9 heteroatoms. The summed E-state index contributed by atoms with van der Waals surface area (Å²) in [7, 11) is 0. The standard InChI is InChI=1S/C16H21N5O2S2/c1-9(2)17-15(23)18-14(22)10(3)25-16-20-19-13(12-5-4-8-24-12)21(16)11-6-7-11/h4-5,8-11H,6-7H2,1-3H3,(H2,17,18,22,23)/t10-/m1/s1. The van der Waals surface area contributed by atoms with Crippen molar-refractivity contribution in [3.8, 4) is 10.7 Å². The molecule has 2 aromatic heterocycles. The van der Waals surface area contributed by atoms with Gasteiger partial charge in [-0.2, -0.15) is 0 Å². The third kappa shape index (κ3) is 4.40. The van der Waals surface area contributed by atoms with Crippen molar-refractivity contribution in [1.29, 1.82) is 0 Å². The summed E-state index contributed by atoms with van der Waals surface area (Å²) in [5, 5.41) is 15.9. The Morgan fingerprint density at radius 1 is 1.32 bits per heavy atom. The van der Waals surface area contributed by atoms with Crippen LogP contribution in [0.4, 0.5) is 4.79 Å². The molecule has 0 bridgehead atoms. The molecule has 1 atom stereocenters. The highest BCUT2D eigenvalue weighted by Gasteiger charge is 2.32. The van der Waals surface area contributed by atoms with E-state index in [0.29, 0.717) is 6.04 Å². The van der Waals surface area contributed by atoms with Crippen LogP contribution in [-0.2, 0) is 4.79 Å². The molecule has 2 aromatic rings. The Morgan fingerprint density at radius 3 is 2.68 bits per heavy atom. The molecular weight excluding hydrogens is 358 g/mol. The number of hydrogen-bond donors (Lipinski definition) is 2. The van der Waals surface area contributed by atoms with Crippen LogP contribution in [0.2, 0.25) is 0 Å². The Hall–Kier alpha value is -1.87. The summed E-state index contributed by atoms with van der Waals surface area (Å²) < 4.78 is 2.12. The third-order valence-corrected chi connectivity index (χ3v) is 5.55. The average Bonchev–Trinajstić information content (AvgIpc) is 3.07. The molecule has 0 saturated heterocycles. The highest BCUT2D eigenvalue weighted by atomic mass is 32.2. The molecule has 1 aliphatic carbocycles. The number of imide groups is 1. The highest BCUT2D eigenvalue weighted by Crippen LogP contribution is 2.42. The summed E-state index contributed by atoms with van der Waals surface area (Å²) in [6.45, 7) is 5.44. The number of urea groups is 1. The van der Waals surface area contributed by atoms with Crippen LogP contribution in [0.1, 0.15) is 39.7 Å². The summed E-state index contributed by atoms with van der Waals surface area (Å²) in [6, 6.07) is 3.91. The van der Waals surface area contributed by atoms with E-state index in [1.807, 2.05) is 31.4 Å². The van der Waals surface area contributed by atoms with Crippen molar-refractivity contribution < 1.29 is 9.59 Å². The maximum Gasteiger partial charge on any atom is 0.321 e. The predicted octanol–water partition coefficient (Wildman–Crippen LogP) is 3.06. The fourth-order valence-corrected chi connectivity index (χ4v) is 3.94. The van der Waals surface area contributed by atoms with Gasteiger partial charge >= 0.3 is 6.03 Å². The summed E-state index contributed by atoms with van der Waals surface area (Å²) in [6.07, 6.45) is 2.20. The lowest BCUT2D eigenvalue weighted by molar-refractivity contribution is -0.119. The minimum atomic E-state index is -0.476. The summed E-state index contributed by atoms with van der Waals surface area (Å²) >= 11 is 2.95. The molecule has 0 unspecified atom stereocenters. The van der Waals surface area contributed by atoms with Crippen molar-refractivity contribution in [3.05, 3.63) is 17.5 Å². The lowest BCUT2D eigenvalue weighted by atomic mass is 10.4. The molecule has 1 fully saturated rings. The second-order valence-corrected chi connectivity index (χ2v) is 8.52. The molecule has 2 N–H and O–H groups in total. The SMILES string of the molecule is CC(C)NC(=O)NC(=O)[C@@H](C)Sc1nnc(-c2cccs2)n1C1CC1. The fraction of sp³-hybridized carbons (Fsp3) is 0.500. The van der Waals surface area contributed by atoms with E-state index in [1.165, 1.54) is 11.8 Å². The van der Waals surface area contributed by atoms with Gasteiger partial charge in [0, 0.05) is 12.1 Å². The van der Waals surface area contributed by atoms with Gasteiger partial charge in [-0.1, -0.05) is 17.8 Å². The predicted molar refractivity (Wildman–Crippen MR) is 98.7 cm³/mol. The van der Waals surface area contributed by atoms with E-state index in [9.17, 15) is 9.59 Å². The lowest BCUT2D eigenvalue weighted by Crippen LogP contribution is -2.45. The lowest BCUT2D eigenvalue weighted by Gasteiger charge is -2.14. The van der Waals surface area contributed by atoms with Crippen LogP contribution in [0.25, 0.3) is 10.7 Å². The average molecular weight is 380 g/mol. The van der Waals surface area contributed by atoms with Gasteiger partial charge in [-0.05, 0) is 45.1 Å². The van der Waals surface area contributed by atoms with Gasteiger partial charge in [0.2, 0.25) is 5.91 Å². The van der Waals surface area contributed by atoms with Crippen LogP contribution in [0.3, 0.4) is 0 Å². The second kappa shape index (κ2) is 7.57. The quantitative estimate of drug-likeness (QED) is 0.753. The summed E-state index contributed by atoms with van der Waals surface area (Å²) in [5.41, 5.74) is 0. The van der Waals surface area contributed by atoms with Gasteiger partial charge in [0.25, 0.3) is 0 Å². The van der Waals surface area contributed by atoms with Crippen LogP contribution in [0.5, 0.6) is 0 Å². The number of thiophene rings is 1. The van der Waals surface area contributed by atoms with E-state index >= 15 is 0 Å². The van der Waals surface area contributed by atoms with Gasteiger partial charge in [-0.25, -0.2) is 4.79 Å². The maximum atomic E-state index is 12.2. The second-order valence-electron chi connectivity index (χ2n) is 6.26. The minimum absolute atomic E-state index is 0.0259. The van der Waals surface area contributed by atoms with E-state index in [-0.39, 0.29) is 11.9 Å². The molecule has 0 radical (unpaired) electrons. The Bertz CT molecular complexity index is 753. The van der Waals surface area contributed by atoms with Gasteiger partial charge in [-0.3, -0.25) is 14.7 Å². The zero-order valence-electron chi connectivity index (χ0n) is 14.4. The van der Waals surface area contributed by atoms with E-state index in [1.54, 1.807) is 18.3 Å². The Morgan fingerprint density at radius 2 is 2.08 bits per heavy atom. The van der Waals surface area contributed by atoms with Crippen molar-refractivity contribution >= 4 is 35.0 Å². The monoisotopic (exact) mass is 379 g/mol. The first kappa shape index (κ1) is 17.9. The van der Waals surface area contributed by atoms with Crippen molar-refractivity contribution in [2.45, 2.75) is 56.1 Å². The summed E-state index contributed by atoms with van der Waals surface area (Å²) in [4.78, 5) is 25.0. The zero-order chi connectivity index (χ0) is 18.0. The highest BCUT2D eigenvalue weighted by molar-refractivity contribution is 8.00. The van der Waals surface area contributed by atoms with Crippen molar-refractivity contribution in [2.24, 2.45) is 0 Å². The van der Waals surface area contributed by atoms with Crippen LogP contribution in [-0.4, -0.2) is 38.0 Å². The van der Waals surface area contributed by atoms with Crippen LogP contribution >= 0.6 is 23.1 Å². The number of aromatic nitrogens is 3. The molecular formula is C16H21N5O2S2. The smallest absolute Gasteiger partial charge is 0.321 e. The minimum Gasteiger partial charge on any atom is -0.336 e. The third-order valence-electron chi connectivity index (χ3n) is 3.63. The van der Waals surface area contributed by atoms with Crippen LogP contribution in [0.15, 0.2) is 22.7 Å². The van der Waals surface area contributed by atoms with Gasteiger partial charge in [0.05, 0.1) is 10.1 Å². The van der Waals surface area contributed by atoms with E-state index in [2.05, 4.69) is 25.4 Å². The summed E-state index contributed by atoms with van der Waals surface area (Å²) in [5.74, 6) is 0.510. The first-order valence-electron chi connectivity index (χ1n) is 8.22. The maximum absolute atomic E-state index is 12.2. The first-order chi connectivity index (χ1) is 12.0. The van der Waals surface area contributed by atoms with E-state index in [4.69, 9.17) is 0 Å². The van der Waals surface area contributed by atoms with Gasteiger partial charge in [0.1, 0.15) is 0 Å². The fourth-order valence-electron chi connectivity index (χ4n) is 2.32. The van der Waals surface area contributed by atoms with Crippen molar-refractivity contribution in [1.82, 2.24) is 25.4 Å². The molecule has 25 heavy (non-hydrogen) atoms. The number of rotatable bonds is 6. The van der Waals surface area contributed by atoms with Crippen molar-refractivity contribution in [3.63, 3.8) is 0 Å². The Kier molecular flexibility index (Phi) is 5.43. The first-order valence-corrected chi connectivity index (χ1v) is 9.98.